The summed E-state index contributed by atoms with van der Waals surface area (Å²) in [5, 5.41) is 0. The first-order chi connectivity index (χ1) is 10.4. The van der Waals surface area contributed by atoms with Gasteiger partial charge in [0, 0.05) is 25.6 Å². The standard InChI is InChI=1S/C18H35N3O/c1-18(2,16-9-7-10-19(3)15-16)17(22)20(4)11-8-14-21-12-5-6-13-21/h16H,5-15H2,1-4H3. The zero-order valence-electron chi connectivity index (χ0n) is 15.1. The van der Waals surface area contributed by atoms with Gasteiger partial charge in [-0.2, -0.15) is 0 Å². The van der Waals surface area contributed by atoms with Crippen LogP contribution in [0.4, 0.5) is 0 Å². The maximum atomic E-state index is 12.9. The molecular formula is C18H35N3O. The summed E-state index contributed by atoms with van der Waals surface area (Å²) in [6, 6.07) is 0. The van der Waals surface area contributed by atoms with E-state index < -0.39 is 0 Å². The molecule has 2 heterocycles. The minimum absolute atomic E-state index is 0.239. The van der Waals surface area contributed by atoms with E-state index in [2.05, 4.69) is 30.7 Å². The lowest BCUT2D eigenvalue weighted by Crippen LogP contribution is -2.48. The number of piperidine rings is 1. The number of hydrogen-bond donors (Lipinski definition) is 0. The van der Waals surface area contributed by atoms with Gasteiger partial charge in [0.2, 0.25) is 5.91 Å². The van der Waals surface area contributed by atoms with E-state index in [1.54, 1.807) is 0 Å². The fraction of sp³-hybridized carbons (Fsp3) is 0.944. The summed E-state index contributed by atoms with van der Waals surface area (Å²) in [5.41, 5.74) is -0.239. The summed E-state index contributed by atoms with van der Waals surface area (Å²) in [6.07, 6.45) is 6.19. The van der Waals surface area contributed by atoms with Crippen molar-refractivity contribution in [2.45, 2.75) is 46.0 Å². The van der Waals surface area contributed by atoms with Crippen molar-refractivity contribution in [3.8, 4) is 0 Å². The van der Waals surface area contributed by atoms with E-state index in [-0.39, 0.29) is 5.41 Å². The molecule has 0 bridgehead atoms. The van der Waals surface area contributed by atoms with Crippen LogP contribution in [-0.4, -0.2) is 74.0 Å². The van der Waals surface area contributed by atoms with Gasteiger partial charge in [-0.1, -0.05) is 13.8 Å². The van der Waals surface area contributed by atoms with E-state index in [1.807, 2.05) is 11.9 Å². The van der Waals surface area contributed by atoms with Crippen LogP contribution in [0.2, 0.25) is 0 Å². The number of carbonyl (C=O) groups is 1. The quantitative estimate of drug-likeness (QED) is 0.753. The first kappa shape index (κ1) is 17.7. The van der Waals surface area contributed by atoms with Crippen molar-refractivity contribution < 1.29 is 4.79 Å². The summed E-state index contributed by atoms with van der Waals surface area (Å²) in [6.45, 7) is 11.1. The van der Waals surface area contributed by atoms with Crippen LogP contribution in [0, 0.1) is 11.3 Å². The molecule has 0 aromatic heterocycles. The molecule has 2 fully saturated rings. The SMILES string of the molecule is CN1CCCC(C(C)(C)C(=O)N(C)CCCN2CCCC2)C1. The molecule has 0 N–H and O–H groups in total. The number of likely N-dealkylation sites (tertiary alicyclic amines) is 2. The Kier molecular flexibility index (Phi) is 6.27. The first-order valence-electron chi connectivity index (χ1n) is 9.07. The Bertz CT molecular complexity index is 363. The number of nitrogens with zero attached hydrogens (tertiary/aromatic N) is 3. The lowest BCUT2D eigenvalue weighted by atomic mass is 9.73. The molecule has 0 aromatic rings. The lowest BCUT2D eigenvalue weighted by Gasteiger charge is -2.41. The molecule has 2 saturated heterocycles. The van der Waals surface area contributed by atoms with Crippen molar-refractivity contribution in [2.75, 3.05) is 53.4 Å². The minimum Gasteiger partial charge on any atom is -0.345 e. The topological polar surface area (TPSA) is 26.8 Å². The molecule has 1 unspecified atom stereocenters. The molecular weight excluding hydrogens is 274 g/mol. The summed E-state index contributed by atoms with van der Waals surface area (Å²) in [7, 11) is 4.16. The van der Waals surface area contributed by atoms with Crippen LogP contribution < -0.4 is 0 Å². The van der Waals surface area contributed by atoms with E-state index in [1.165, 1.54) is 45.3 Å². The summed E-state index contributed by atoms with van der Waals surface area (Å²) in [4.78, 5) is 19.8. The molecule has 4 nitrogen and oxygen atoms in total. The minimum atomic E-state index is -0.239. The molecule has 0 spiro atoms. The highest BCUT2D eigenvalue weighted by Gasteiger charge is 2.39. The maximum Gasteiger partial charge on any atom is 0.228 e. The number of carbonyl (C=O) groups excluding carboxylic acids is 1. The normalized spacial score (nSPS) is 24.6. The number of amides is 1. The summed E-state index contributed by atoms with van der Waals surface area (Å²) >= 11 is 0. The maximum absolute atomic E-state index is 12.9. The van der Waals surface area contributed by atoms with Crippen LogP contribution in [0.3, 0.4) is 0 Å². The number of rotatable bonds is 6. The molecule has 0 aliphatic carbocycles. The lowest BCUT2D eigenvalue weighted by molar-refractivity contribution is -0.143. The monoisotopic (exact) mass is 309 g/mol. The van der Waals surface area contributed by atoms with Gasteiger partial charge in [-0.15, -0.1) is 0 Å². The fourth-order valence-corrected chi connectivity index (χ4v) is 4.06. The average Bonchev–Trinajstić information content (AvgIpc) is 2.99. The first-order valence-corrected chi connectivity index (χ1v) is 9.07. The van der Waals surface area contributed by atoms with E-state index in [0.29, 0.717) is 11.8 Å². The second-order valence-electron chi connectivity index (χ2n) is 7.95. The summed E-state index contributed by atoms with van der Waals surface area (Å²) < 4.78 is 0. The third-order valence-corrected chi connectivity index (χ3v) is 5.71. The van der Waals surface area contributed by atoms with Crippen molar-refractivity contribution in [1.29, 1.82) is 0 Å². The van der Waals surface area contributed by atoms with Gasteiger partial charge >= 0.3 is 0 Å². The van der Waals surface area contributed by atoms with Crippen LogP contribution in [0.1, 0.15) is 46.0 Å². The molecule has 128 valence electrons. The van der Waals surface area contributed by atoms with E-state index in [0.717, 1.165) is 26.1 Å². The Labute approximate surface area is 136 Å². The highest BCUT2D eigenvalue weighted by Crippen LogP contribution is 2.35. The van der Waals surface area contributed by atoms with Gasteiger partial charge in [-0.25, -0.2) is 0 Å². The van der Waals surface area contributed by atoms with Crippen molar-refractivity contribution in [3.63, 3.8) is 0 Å². The molecule has 2 aliphatic heterocycles. The van der Waals surface area contributed by atoms with Crippen molar-refractivity contribution in [1.82, 2.24) is 14.7 Å². The Morgan fingerprint density at radius 3 is 2.50 bits per heavy atom. The van der Waals surface area contributed by atoms with Gasteiger partial charge in [-0.3, -0.25) is 4.79 Å². The van der Waals surface area contributed by atoms with E-state index >= 15 is 0 Å². The molecule has 1 atom stereocenters. The van der Waals surface area contributed by atoms with E-state index in [9.17, 15) is 4.79 Å². The van der Waals surface area contributed by atoms with Crippen LogP contribution in [0.25, 0.3) is 0 Å². The molecule has 2 aliphatic rings. The van der Waals surface area contributed by atoms with Gasteiger partial charge < -0.3 is 14.7 Å². The van der Waals surface area contributed by atoms with Gasteiger partial charge in [0.05, 0.1) is 0 Å². The smallest absolute Gasteiger partial charge is 0.228 e. The van der Waals surface area contributed by atoms with Gasteiger partial charge in [0.1, 0.15) is 0 Å². The van der Waals surface area contributed by atoms with Gasteiger partial charge in [0.15, 0.2) is 0 Å². The van der Waals surface area contributed by atoms with Crippen LogP contribution in [0.5, 0.6) is 0 Å². The fourth-order valence-electron chi connectivity index (χ4n) is 4.06. The van der Waals surface area contributed by atoms with Crippen LogP contribution >= 0.6 is 0 Å². The second kappa shape index (κ2) is 7.78. The molecule has 4 heteroatoms. The van der Waals surface area contributed by atoms with Gasteiger partial charge in [0.25, 0.3) is 0 Å². The second-order valence-corrected chi connectivity index (χ2v) is 7.95. The molecule has 0 saturated carbocycles. The van der Waals surface area contributed by atoms with Crippen LogP contribution in [0.15, 0.2) is 0 Å². The molecule has 0 radical (unpaired) electrons. The van der Waals surface area contributed by atoms with E-state index in [4.69, 9.17) is 0 Å². The number of hydrogen-bond acceptors (Lipinski definition) is 3. The molecule has 22 heavy (non-hydrogen) atoms. The Morgan fingerprint density at radius 2 is 1.86 bits per heavy atom. The largest absolute Gasteiger partial charge is 0.345 e. The Hall–Kier alpha value is -0.610. The van der Waals surface area contributed by atoms with Crippen molar-refractivity contribution >= 4 is 5.91 Å². The third kappa shape index (κ3) is 4.45. The third-order valence-electron chi connectivity index (χ3n) is 5.71. The summed E-state index contributed by atoms with van der Waals surface area (Å²) in [5.74, 6) is 0.814. The molecule has 1 amide bonds. The van der Waals surface area contributed by atoms with Crippen molar-refractivity contribution in [3.05, 3.63) is 0 Å². The van der Waals surface area contributed by atoms with Crippen molar-refractivity contribution in [2.24, 2.45) is 11.3 Å². The van der Waals surface area contributed by atoms with Gasteiger partial charge in [-0.05, 0) is 71.2 Å². The average molecular weight is 309 g/mol. The molecule has 2 rings (SSSR count). The predicted molar refractivity (Wildman–Crippen MR) is 91.9 cm³/mol. The Morgan fingerprint density at radius 1 is 1.18 bits per heavy atom. The highest BCUT2D eigenvalue weighted by molar-refractivity contribution is 5.82. The zero-order chi connectivity index (χ0) is 16.2. The highest BCUT2D eigenvalue weighted by atomic mass is 16.2. The predicted octanol–water partition coefficient (Wildman–Crippen LogP) is 2.30. The zero-order valence-corrected chi connectivity index (χ0v) is 15.1. The van der Waals surface area contributed by atoms with Crippen LogP contribution in [-0.2, 0) is 4.79 Å². The Balaban J connectivity index is 1.79. The molecule has 0 aromatic carbocycles.